The third kappa shape index (κ3) is 5.57. The summed E-state index contributed by atoms with van der Waals surface area (Å²) in [4.78, 5) is 7.07. The van der Waals surface area contributed by atoms with Gasteiger partial charge in [-0.25, -0.2) is 0 Å². The van der Waals surface area contributed by atoms with Crippen molar-refractivity contribution in [2.24, 2.45) is 4.99 Å². The third-order valence-corrected chi connectivity index (χ3v) is 4.65. The lowest BCUT2D eigenvalue weighted by molar-refractivity contribution is 0.336. The first-order valence-corrected chi connectivity index (χ1v) is 9.17. The van der Waals surface area contributed by atoms with Gasteiger partial charge in [-0.3, -0.25) is 4.99 Å². The molecule has 0 fully saturated rings. The van der Waals surface area contributed by atoms with E-state index in [1.54, 1.807) is 7.05 Å². The third-order valence-electron chi connectivity index (χ3n) is 3.63. The molecule has 2 aromatic rings. The van der Waals surface area contributed by atoms with E-state index in [1.165, 1.54) is 9.75 Å². The number of thiophene rings is 1. The van der Waals surface area contributed by atoms with Crippen molar-refractivity contribution in [1.82, 2.24) is 10.6 Å². The molecule has 5 heteroatoms. The Bertz CT molecular complexity index is 666. The summed E-state index contributed by atoms with van der Waals surface area (Å²) in [6.07, 6.45) is 0.995. The van der Waals surface area contributed by atoms with Gasteiger partial charge in [0.2, 0.25) is 0 Å². The molecule has 0 aliphatic rings. The first kappa shape index (κ1) is 18.3. The summed E-state index contributed by atoms with van der Waals surface area (Å²) in [7, 11) is 1.80. The Hall–Kier alpha value is -2.01. The lowest BCUT2D eigenvalue weighted by Gasteiger charge is -2.18. The molecule has 0 bridgehead atoms. The SMILES string of the molecule is CCOc1ccccc1CNC(=NC)NC(C)Cc1ccc(C)s1. The second kappa shape index (κ2) is 9.33. The molecular weight excluding hydrogens is 318 g/mol. The van der Waals surface area contributed by atoms with E-state index in [0.717, 1.165) is 23.7 Å². The van der Waals surface area contributed by atoms with Crippen LogP contribution in [0.1, 0.15) is 29.2 Å². The zero-order chi connectivity index (χ0) is 17.4. The van der Waals surface area contributed by atoms with E-state index in [1.807, 2.05) is 36.5 Å². The van der Waals surface area contributed by atoms with E-state index in [9.17, 15) is 0 Å². The van der Waals surface area contributed by atoms with E-state index in [2.05, 4.69) is 47.7 Å². The van der Waals surface area contributed by atoms with Gasteiger partial charge < -0.3 is 15.4 Å². The first-order valence-electron chi connectivity index (χ1n) is 8.35. The van der Waals surface area contributed by atoms with E-state index in [-0.39, 0.29) is 0 Å². The highest BCUT2D eigenvalue weighted by atomic mass is 32.1. The van der Waals surface area contributed by atoms with Gasteiger partial charge in [0.1, 0.15) is 5.75 Å². The Kier molecular flexibility index (Phi) is 7.12. The zero-order valence-electron chi connectivity index (χ0n) is 14.9. The number of nitrogens with one attached hydrogen (secondary N) is 2. The van der Waals surface area contributed by atoms with Gasteiger partial charge in [0.25, 0.3) is 0 Å². The molecule has 0 amide bonds. The van der Waals surface area contributed by atoms with Gasteiger partial charge in [-0.2, -0.15) is 0 Å². The van der Waals surface area contributed by atoms with Crippen LogP contribution in [0.4, 0.5) is 0 Å². The quantitative estimate of drug-likeness (QED) is 0.593. The molecule has 0 aliphatic carbocycles. The van der Waals surface area contributed by atoms with Crippen LogP contribution < -0.4 is 15.4 Å². The van der Waals surface area contributed by atoms with Crippen LogP contribution in [0.2, 0.25) is 0 Å². The molecule has 24 heavy (non-hydrogen) atoms. The normalized spacial score (nSPS) is 12.8. The number of benzene rings is 1. The van der Waals surface area contributed by atoms with Crippen LogP contribution in [0.25, 0.3) is 0 Å². The van der Waals surface area contributed by atoms with Crippen LogP contribution >= 0.6 is 11.3 Å². The molecule has 0 radical (unpaired) electrons. The number of nitrogens with zero attached hydrogens (tertiary/aromatic N) is 1. The highest BCUT2D eigenvalue weighted by molar-refractivity contribution is 7.11. The predicted octanol–water partition coefficient (Wildman–Crippen LogP) is 3.75. The van der Waals surface area contributed by atoms with Crippen molar-refractivity contribution in [2.45, 2.75) is 39.8 Å². The molecule has 0 saturated heterocycles. The van der Waals surface area contributed by atoms with E-state index < -0.39 is 0 Å². The topological polar surface area (TPSA) is 45.6 Å². The van der Waals surface area contributed by atoms with Gasteiger partial charge in [0.15, 0.2) is 5.96 Å². The number of aryl methyl sites for hydroxylation is 1. The minimum absolute atomic E-state index is 0.316. The number of guanidine groups is 1. The fraction of sp³-hybridized carbons (Fsp3) is 0.421. The Morgan fingerprint density at radius 3 is 2.71 bits per heavy atom. The lowest BCUT2D eigenvalue weighted by Crippen LogP contribution is -2.42. The number of para-hydroxylation sites is 1. The van der Waals surface area contributed by atoms with Gasteiger partial charge in [-0.05, 0) is 39.0 Å². The van der Waals surface area contributed by atoms with Crippen LogP contribution in [-0.4, -0.2) is 25.7 Å². The van der Waals surface area contributed by atoms with Crippen LogP contribution in [0.5, 0.6) is 5.75 Å². The largest absolute Gasteiger partial charge is 0.494 e. The van der Waals surface area contributed by atoms with Crippen molar-refractivity contribution in [3.05, 3.63) is 51.7 Å². The van der Waals surface area contributed by atoms with E-state index >= 15 is 0 Å². The summed E-state index contributed by atoms with van der Waals surface area (Å²) in [6, 6.07) is 12.8. The summed E-state index contributed by atoms with van der Waals surface area (Å²) in [5, 5.41) is 6.82. The molecule has 0 aliphatic heterocycles. The predicted molar refractivity (Wildman–Crippen MR) is 103 cm³/mol. The molecule has 1 heterocycles. The fourth-order valence-corrected chi connectivity index (χ4v) is 3.52. The number of hydrogen-bond donors (Lipinski definition) is 2. The number of hydrogen-bond acceptors (Lipinski definition) is 3. The average molecular weight is 346 g/mol. The number of aliphatic imine (C=N–C) groups is 1. The second-order valence-electron chi connectivity index (χ2n) is 5.73. The Morgan fingerprint density at radius 1 is 1.25 bits per heavy atom. The Labute approximate surface area is 149 Å². The minimum atomic E-state index is 0.316. The molecule has 1 aromatic carbocycles. The minimum Gasteiger partial charge on any atom is -0.494 e. The summed E-state index contributed by atoms with van der Waals surface area (Å²) < 4.78 is 5.67. The molecule has 1 unspecified atom stereocenters. The van der Waals surface area contributed by atoms with Gasteiger partial charge in [-0.15, -0.1) is 11.3 Å². The van der Waals surface area contributed by atoms with E-state index in [0.29, 0.717) is 19.2 Å². The molecule has 0 spiro atoms. The van der Waals surface area contributed by atoms with Crippen LogP contribution in [0.3, 0.4) is 0 Å². The smallest absolute Gasteiger partial charge is 0.191 e. The summed E-state index contributed by atoms with van der Waals surface area (Å²) in [6.45, 7) is 7.67. The standard InChI is InChI=1S/C19H27N3OS/c1-5-23-18-9-7-6-8-16(18)13-21-19(20-4)22-14(2)12-17-11-10-15(3)24-17/h6-11,14H,5,12-13H2,1-4H3,(H2,20,21,22). The molecule has 2 rings (SSSR count). The first-order chi connectivity index (χ1) is 11.6. The zero-order valence-corrected chi connectivity index (χ0v) is 15.7. The lowest BCUT2D eigenvalue weighted by atomic mass is 10.2. The Balaban J connectivity index is 1.88. The van der Waals surface area contributed by atoms with Crippen LogP contribution in [-0.2, 0) is 13.0 Å². The Morgan fingerprint density at radius 2 is 2.04 bits per heavy atom. The monoisotopic (exact) mass is 345 g/mol. The van der Waals surface area contributed by atoms with Gasteiger partial charge in [-0.1, -0.05) is 18.2 Å². The average Bonchev–Trinajstić information content (AvgIpc) is 2.97. The van der Waals surface area contributed by atoms with Crippen molar-refractivity contribution in [2.75, 3.05) is 13.7 Å². The molecule has 130 valence electrons. The maximum atomic E-state index is 5.67. The maximum Gasteiger partial charge on any atom is 0.191 e. The number of ether oxygens (including phenoxy) is 1. The number of rotatable bonds is 7. The van der Waals surface area contributed by atoms with Crippen molar-refractivity contribution >= 4 is 17.3 Å². The highest BCUT2D eigenvalue weighted by Crippen LogP contribution is 2.18. The van der Waals surface area contributed by atoms with Gasteiger partial charge in [0, 0.05) is 41.4 Å². The fourth-order valence-electron chi connectivity index (χ4n) is 2.50. The molecule has 1 atom stereocenters. The maximum absolute atomic E-state index is 5.67. The highest BCUT2D eigenvalue weighted by Gasteiger charge is 2.09. The molecule has 1 aromatic heterocycles. The van der Waals surface area contributed by atoms with Crippen molar-refractivity contribution in [1.29, 1.82) is 0 Å². The van der Waals surface area contributed by atoms with Crippen LogP contribution in [0.15, 0.2) is 41.4 Å². The van der Waals surface area contributed by atoms with E-state index in [4.69, 9.17) is 4.74 Å². The summed E-state index contributed by atoms with van der Waals surface area (Å²) in [5.41, 5.74) is 1.13. The van der Waals surface area contributed by atoms with Crippen molar-refractivity contribution in [3.8, 4) is 5.75 Å². The second-order valence-corrected chi connectivity index (χ2v) is 7.10. The molecule has 0 saturated carbocycles. The van der Waals surface area contributed by atoms with Crippen molar-refractivity contribution < 1.29 is 4.74 Å². The molecule has 4 nitrogen and oxygen atoms in total. The van der Waals surface area contributed by atoms with Gasteiger partial charge >= 0.3 is 0 Å². The van der Waals surface area contributed by atoms with Crippen LogP contribution in [0, 0.1) is 6.92 Å². The van der Waals surface area contributed by atoms with Crippen molar-refractivity contribution in [3.63, 3.8) is 0 Å². The van der Waals surface area contributed by atoms with Gasteiger partial charge in [0.05, 0.1) is 6.61 Å². The molecular formula is C19H27N3OS. The summed E-state index contributed by atoms with van der Waals surface area (Å²) in [5.74, 6) is 1.73. The molecule has 2 N–H and O–H groups in total. The summed E-state index contributed by atoms with van der Waals surface area (Å²) >= 11 is 1.85.